The highest BCUT2D eigenvalue weighted by atomic mass is 16.1. The lowest BCUT2D eigenvalue weighted by molar-refractivity contribution is 0.569. The van der Waals surface area contributed by atoms with Crippen LogP contribution in [0.5, 0.6) is 0 Å². The maximum atomic E-state index is 11.1. The zero-order valence-corrected chi connectivity index (χ0v) is 9.16. The number of rotatable bonds is 3. The van der Waals surface area contributed by atoms with Crippen LogP contribution in [0.25, 0.3) is 11.0 Å². The molecule has 0 saturated heterocycles. The van der Waals surface area contributed by atoms with Crippen LogP contribution in [0.3, 0.4) is 0 Å². The predicted octanol–water partition coefficient (Wildman–Crippen LogP) is 0.593. The molecule has 0 spiro atoms. The quantitative estimate of drug-likeness (QED) is 0.609. The fourth-order valence-corrected chi connectivity index (χ4v) is 1.82. The molecule has 1 aromatic heterocycles. The van der Waals surface area contributed by atoms with Crippen LogP contribution in [-0.4, -0.2) is 16.0 Å². The molecular formula is C11H16N4O. The molecule has 16 heavy (non-hydrogen) atoms. The molecule has 6 N–H and O–H groups in total. The summed E-state index contributed by atoms with van der Waals surface area (Å²) in [6.07, 6.45) is 0.722. The normalized spacial score (nSPS) is 15.2. The molecule has 2 unspecified atom stereocenters. The Bertz CT molecular complexity index is 540. The van der Waals surface area contributed by atoms with Gasteiger partial charge in [0.1, 0.15) is 0 Å². The molecule has 1 heterocycles. The van der Waals surface area contributed by atoms with Gasteiger partial charge in [0.25, 0.3) is 0 Å². The van der Waals surface area contributed by atoms with Gasteiger partial charge in [-0.15, -0.1) is 0 Å². The Morgan fingerprint density at radius 1 is 1.25 bits per heavy atom. The van der Waals surface area contributed by atoms with E-state index in [1.54, 1.807) is 0 Å². The molecule has 2 atom stereocenters. The molecule has 2 rings (SSSR count). The van der Waals surface area contributed by atoms with Gasteiger partial charge in [-0.25, -0.2) is 4.79 Å². The third-order valence-corrected chi connectivity index (χ3v) is 2.59. The van der Waals surface area contributed by atoms with E-state index in [9.17, 15) is 4.79 Å². The Kier molecular flexibility index (Phi) is 2.80. The van der Waals surface area contributed by atoms with Crippen LogP contribution >= 0.6 is 0 Å². The van der Waals surface area contributed by atoms with Crippen molar-refractivity contribution in [2.45, 2.75) is 25.4 Å². The molecule has 0 radical (unpaired) electrons. The minimum Gasteiger partial charge on any atom is -0.328 e. The van der Waals surface area contributed by atoms with E-state index in [1.165, 1.54) is 0 Å². The first-order valence-electron chi connectivity index (χ1n) is 5.29. The predicted molar refractivity (Wildman–Crippen MR) is 64.1 cm³/mol. The van der Waals surface area contributed by atoms with Gasteiger partial charge in [-0.3, -0.25) is 0 Å². The molecule has 86 valence electrons. The molecular weight excluding hydrogens is 204 g/mol. The molecule has 0 aliphatic carbocycles. The molecule has 0 aliphatic rings. The first-order chi connectivity index (χ1) is 7.56. The van der Waals surface area contributed by atoms with Gasteiger partial charge in [0.15, 0.2) is 0 Å². The number of fused-ring (bicyclic) bond motifs is 1. The summed E-state index contributed by atoms with van der Waals surface area (Å²) < 4.78 is 0. The van der Waals surface area contributed by atoms with Crippen molar-refractivity contribution < 1.29 is 0 Å². The van der Waals surface area contributed by atoms with Crippen molar-refractivity contribution in [1.82, 2.24) is 9.97 Å². The average Bonchev–Trinajstić information content (AvgIpc) is 2.55. The van der Waals surface area contributed by atoms with E-state index in [1.807, 2.05) is 25.1 Å². The van der Waals surface area contributed by atoms with Crippen LogP contribution in [0.15, 0.2) is 23.0 Å². The number of hydrogen-bond donors (Lipinski definition) is 4. The van der Waals surface area contributed by atoms with E-state index >= 15 is 0 Å². The Hall–Kier alpha value is -1.59. The number of imidazole rings is 1. The number of nitrogens with one attached hydrogen (secondary N) is 2. The fraction of sp³-hybridized carbons (Fsp3) is 0.364. The topological polar surface area (TPSA) is 101 Å². The summed E-state index contributed by atoms with van der Waals surface area (Å²) in [5.74, 6) is 0. The van der Waals surface area contributed by atoms with Crippen LogP contribution in [0.1, 0.15) is 24.9 Å². The zero-order valence-electron chi connectivity index (χ0n) is 9.16. The second kappa shape index (κ2) is 4.11. The van der Waals surface area contributed by atoms with Crippen molar-refractivity contribution in [3.05, 3.63) is 34.2 Å². The van der Waals surface area contributed by atoms with Gasteiger partial charge in [-0.05, 0) is 31.0 Å². The van der Waals surface area contributed by atoms with Gasteiger partial charge < -0.3 is 21.4 Å². The molecule has 2 aromatic rings. The number of aromatic nitrogens is 2. The second-order valence-electron chi connectivity index (χ2n) is 4.20. The van der Waals surface area contributed by atoms with Crippen molar-refractivity contribution in [2.75, 3.05) is 0 Å². The van der Waals surface area contributed by atoms with Gasteiger partial charge in [0.05, 0.1) is 11.0 Å². The van der Waals surface area contributed by atoms with Crippen LogP contribution in [0, 0.1) is 0 Å². The molecule has 1 aromatic carbocycles. The van der Waals surface area contributed by atoms with E-state index in [0.717, 1.165) is 23.0 Å². The van der Waals surface area contributed by atoms with Gasteiger partial charge in [-0.1, -0.05) is 6.07 Å². The lowest BCUT2D eigenvalue weighted by Crippen LogP contribution is -2.23. The number of nitrogens with two attached hydrogens (primary N) is 2. The van der Waals surface area contributed by atoms with Gasteiger partial charge in [-0.2, -0.15) is 0 Å². The summed E-state index contributed by atoms with van der Waals surface area (Å²) in [4.78, 5) is 16.5. The van der Waals surface area contributed by atoms with Crippen LogP contribution in [0.2, 0.25) is 0 Å². The molecule has 0 saturated carbocycles. The second-order valence-corrected chi connectivity index (χ2v) is 4.20. The number of benzene rings is 1. The van der Waals surface area contributed by atoms with Gasteiger partial charge in [0.2, 0.25) is 0 Å². The highest BCUT2D eigenvalue weighted by molar-refractivity contribution is 5.75. The Labute approximate surface area is 92.8 Å². The third kappa shape index (κ3) is 2.15. The van der Waals surface area contributed by atoms with Crippen molar-refractivity contribution >= 4 is 11.0 Å². The molecule has 5 heteroatoms. The van der Waals surface area contributed by atoms with Crippen LogP contribution < -0.4 is 17.2 Å². The molecule has 5 nitrogen and oxygen atoms in total. The largest absolute Gasteiger partial charge is 0.328 e. The van der Waals surface area contributed by atoms with Gasteiger partial charge >= 0.3 is 5.69 Å². The van der Waals surface area contributed by atoms with E-state index in [0.29, 0.717) is 0 Å². The minimum atomic E-state index is -0.201. The number of aromatic amines is 2. The molecule has 0 bridgehead atoms. The van der Waals surface area contributed by atoms with Crippen LogP contribution in [-0.2, 0) is 0 Å². The summed E-state index contributed by atoms with van der Waals surface area (Å²) in [5.41, 5.74) is 14.1. The summed E-state index contributed by atoms with van der Waals surface area (Å²) >= 11 is 0. The minimum absolute atomic E-state index is 0.0657. The highest BCUT2D eigenvalue weighted by Crippen LogP contribution is 2.18. The van der Waals surface area contributed by atoms with Crippen molar-refractivity contribution in [1.29, 1.82) is 0 Å². The lowest BCUT2D eigenvalue weighted by atomic mass is 10.0. The molecule has 0 amide bonds. The maximum absolute atomic E-state index is 11.1. The fourth-order valence-electron chi connectivity index (χ4n) is 1.82. The Morgan fingerprint density at radius 2 is 1.94 bits per heavy atom. The SMILES string of the molecule is CC(N)CC(N)c1ccc2[nH]c(=O)[nH]c2c1. The van der Waals surface area contributed by atoms with Crippen molar-refractivity contribution in [3.8, 4) is 0 Å². The first kappa shape index (κ1) is 10.9. The molecule has 0 aliphatic heterocycles. The van der Waals surface area contributed by atoms with Crippen molar-refractivity contribution in [2.24, 2.45) is 11.5 Å². The monoisotopic (exact) mass is 220 g/mol. The Morgan fingerprint density at radius 3 is 2.62 bits per heavy atom. The molecule has 0 fully saturated rings. The maximum Gasteiger partial charge on any atom is 0.323 e. The summed E-state index contributed by atoms with van der Waals surface area (Å²) in [7, 11) is 0. The smallest absolute Gasteiger partial charge is 0.323 e. The lowest BCUT2D eigenvalue weighted by Gasteiger charge is -2.14. The standard InChI is InChI=1S/C11H16N4O/c1-6(12)4-8(13)7-2-3-9-10(5-7)15-11(16)14-9/h2-3,5-6,8H,4,12-13H2,1H3,(H2,14,15,16). The van der Waals surface area contributed by atoms with E-state index in [4.69, 9.17) is 11.5 Å². The summed E-state index contributed by atoms with van der Waals surface area (Å²) in [6.45, 7) is 1.93. The summed E-state index contributed by atoms with van der Waals surface area (Å²) in [6, 6.07) is 5.63. The third-order valence-electron chi connectivity index (χ3n) is 2.59. The van der Waals surface area contributed by atoms with Crippen molar-refractivity contribution in [3.63, 3.8) is 0 Å². The zero-order chi connectivity index (χ0) is 11.7. The van der Waals surface area contributed by atoms with E-state index < -0.39 is 0 Å². The highest BCUT2D eigenvalue weighted by Gasteiger charge is 2.09. The first-order valence-corrected chi connectivity index (χ1v) is 5.29. The van der Waals surface area contributed by atoms with E-state index in [2.05, 4.69) is 9.97 Å². The van der Waals surface area contributed by atoms with Gasteiger partial charge in [0, 0.05) is 12.1 Å². The number of H-pyrrole nitrogens is 2. The average molecular weight is 220 g/mol. The van der Waals surface area contributed by atoms with E-state index in [-0.39, 0.29) is 17.8 Å². The summed E-state index contributed by atoms with van der Waals surface area (Å²) in [5, 5.41) is 0. The van der Waals surface area contributed by atoms with Crippen LogP contribution in [0.4, 0.5) is 0 Å². The number of hydrogen-bond acceptors (Lipinski definition) is 3. The Balaban J connectivity index is 2.34.